The standard InChI is InChI=1S/C21H24ClN3O2/c1-3-27-13-12-25-19-7-5-4-6-18(19)24-21(25)15(2)23-20(26)14-16-8-10-17(22)11-9-16/h4-11,15H,3,12-14H2,1-2H3,(H,23,26). The lowest BCUT2D eigenvalue weighted by Crippen LogP contribution is -2.30. The zero-order chi connectivity index (χ0) is 19.2. The number of benzene rings is 2. The topological polar surface area (TPSA) is 56.1 Å². The summed E-state index contributed by atoms with van der Waals surface area (Å²) in [5, 5.41) is 3.72. The first-order chi connectivity index (χ1) is 13.1. The summed E-state index contributed by atoms with van der Waals surface area (Å²) in [6, 6.07) is 15.1. The van der Waals surface area contributed by atoms with Gasteiger partial charge in [-0.05, 0) is 43.7 Å². The minimum atomic E-state index is -0.209. The number of fused-ring (bicyclic) bond motifs is 1. The van der Waals surface area contributed by atoms with Crippen molar-refractivity contribution < 1.29 is 9.53 Å². The van der Waals surface area contributed by atoms with Gasteiger partial charge in [-0.25, -0.2) is 4.98 Å². The predicted octanol–water partition coefficient (Wildman–Crippen LogP) is 4.15. The van der Waals surface area contributed by atoms with Gasteiger partial charge >= 0.3 is 0 Å². The molecule has 3 rings (SSSR count). The van der Waals surface area contributed by atoms with E-state index in [0.29, 0.717) is 31.2 Å². The fraction of sp³-hybridized carbons (Fsp3) is 0.333. The summed E-state index contributed by atoms with van der Waals surface area (Å²) in [4.78, 5) is 17.2. The maximum atomic E-state index is 12.5. The van der Waals surface area contributed by atoms with Crippen LogP contribution in [0.1, 0.15) is 31.3 Å². The SMILES string of the molecule is CCOCCn1c(C(C)NC(=O)Cc2ccc(Cl)cc2)nc2ccccc21. The third-order valence-corrected chi connectivity index (χ3v) is 4.64. The Labute approximate surface area is 164 Å². The molecule has 1 atom stereocenters. The van der Waals surface area contributed by atoms with Gasteiger partial charge in [0.15, 0.2) is 0 Å². The number of carbonyl (C=O) groups excluding carboxylic acids is 1. The lowest BCUT2D eigenvalue weighted by molar-refractivity contribution is -0.121. The number of aromatic nitrogens is 2. The van der Waals surface area contributed by atoms with Crippen molar-refractivity contribution in [2.45, 2.75) is 32.9 Å². The normalized spacial score (nSPS) is 12.3. The Morgan fingerprint density at radius 2 is 1.96 bits per heavy atom. The number of carbonyl (C=O) groups is 1. The second-order valence-electron chi connectivity index (χ2n) is 6.40. The molecular weight excluding hydrogens is 362 g/mol. The molecule has 0 aliphatic rings. The molecule has 6 heteroatoms. The number of para-hydroxylation sites is 2. The van der Waals surface area contributed by atoms with Gasteiger partial charge in [0.1, 0.15) is 5.82 Å². The molecule has 0 fully saturated rings. The number of hydrogen-bond acceptors (Lipinski definition) is 3. The van der Waals surface area contributed by atoms with Crippen LogP contribution in [0.25, 0.3) is 11.0 Å². The van der Waals surface area contributed by atoms with E-state index in [2.05, 4.69) is 9.88 Å². The van der Waals surface area contributed by atoms with E-state index in [9.17, 15) is 4.79 Å². The molecule has 0 radical (unpaired) electrons. The smallest absolute Gasteiger partial charge is 0.224 e. The molecule has 0 spiro atoms. The molecule has 2 aromatic carbocycles. The average Bonchev–Trinajstić information content (AvgIpc) is 3.03. The fourth-order valence-corrected chi connectivity index (χ4v) is 3.23. The first kappa shape index (κ1) is 19.4. The molecule has 0 saturated carbocycles. The zero-order valence-electron chi connectivity index (χ0n) is 15.6. The highest BCUT2D eigenvalue weighted by Gasteiger charge is 2.18. The van der Waals surface area contributed by atoms with Crippen LogP contribution in [0.3, 0.4) is 0 Å². The van der Waals surface area contributed by atoms with Crippen LogP contribution < -0.4 is 5.32 Å². The van der Waals surface area contributed by atoms with Gasteiger partial charge in [0.2, 0.25) is 5.91 Å². The van der Waals surface area contributed by atoms with Gasteiger partial charge in [-0.2, -0.15) is 0 Å². The van der Waals surface area contributed by atoms with Crippen molar-refractivity contribution in [2.24, 2.45) is 0 Å². The number of ether oxygens (including phenoxy) is 1. The van der Waals surface area contributed by atoms with Crippen LogP contribution in [-0.2, 0) is 22.5 Å². The van der Waals surface area contributed by atoms with E-state index < -0.39 is 0 Å². The lowest BCUT2D eigenvalue weighted by Gasteiger charge is -2.16. The van der Waals surface area contributed by atoms with E-state index in [-0.39, 0.29) is 11.9 Å². The second kappa shape index (κ2) is 9.02. The molecule has 1 aromatic heterocycles. The summed E-state index contributed by atoms with van der Waals surface area (Å²) in [5.41, 5.74) is 2.89. The third-order valence-electron chi connectivity index (χ3n) is 4.39. The van der Waals surface area contributed by atoms with Crippen LogP contribution in [0.2, 0.25) is 5.02 Å². The average molecular weight is 386 g/mol. The maximum Gasteiger partial charge on any atom is 0.224 e. The molecular formula is C21H24ClN3O2. The molecule has 0 aliphatic heterocycles. The summed E-state index contributed by atoms with van der Waals surface area (Å²) in [6.07, 6.45) is 0.306. The molecule has 27 heavy (non-hydrogen) atoms. The molecule has 3 aromatic rings. The molecule has 5 nitrogen and oxygen atoms in total. The molecule has 0 saturated heterocycles. The van der Waals surface area contributed by atoms with Crippen LogP contribution in [0.15, 0.2) is 48.5 Å². The first-order valence-corrected chi connectivity index (χ1v) is 9.53. The van der Waals surface area contributed by atoms with Crippen molar-refractivity contribution >= 4 is 28.5 Å². The van der Waals surface area contributed by atoms with Crippen LogP contribution >= 0.6 is 11.6 Å². The summed E-state index contributed by atoms with van der Waals surface area (Å²) < 4.78 is 7.64. The van der Waals surface area contributed by atoms with Crippen LogP contribution in [0.4, 0.5) is 0 Å². The van der Waals surface area contributed by atoms with E-state index in [4.69, 9.17) is 21.3 Å². The molecule has 1 N–H and O–H groups in total. The third kappa shape index (κ3) is 4.87. The second-order valence-corrected chi connectivity index (χ2v) is 6.84. The van der Waals surface area contributed by atoms with Crippen molar-refractivity contribution in [1.82, 2.24) is 14.9 Å². The minimum Gasteiger partial charge on any atom is -0.380 e. The van der Waals surface area contributed by atoms with Gasteiger partial charge in [-0.3, -0.25) is 4.79 Å². The lowest BCUT2D eigenvalue weighted by atomic mass is 10.1. The van der Waals surface area contributed by atoms with Gasteiger partial charge in [0.05, 0.1) is 30.1 Å². The number of nitrogens with one attached hydrogen (secondary N) is 1. The Kier molecular flexibility index (Phi) is 6.48. The van der Waals surface area contributed by atoms with Crippen molar-refractivity contribution in [2.75, 3.05) is 13.2 Å². The zero-order valence-corrected chi connectivity index (χ0v) is 16.4. The van der Waals surface area contributed by atoms with Gasteiger partial charge < -0.3 is 14.6 Å². The maximum absolute atomic E-state index is 12.5. The largest absolute Gasteiger partial charge is 0.380 e. The van der Waals surface area contributed by atoms with E-state index >= 15 is 0 Å². The first-order valence-electron chi connectivity index (χ1n) is 9.15. The van der Waals surface area contributed by atoms with Gasteiger partial charge in [-0.15, -0.1) is 0 Å². The van der Waals surface area contributed by atoms with E-state index in [1.807, 2.05) is 50.2 Å². The molecule has 1 heterocycles. The molecule has 1 amide bonds. The fourth-order valence-electron chi connectivity index (χ4n) is 3.10. The Bertz CT molecular complexity index is 905. The quantitative estimate of drug-likeness (QED) is 0.593. The Morgan fingerprint density at radius 1 is 1.22 bits per heavy atom. The number of imidazole rings is 1. The molecule has 0 bridgehead atoms. The van der Waals surface area contributed by atoms with Crippen LogP contribution in [0, 0.1) is 0 Å². The Balaban J connectivity index is 1.75. The highest BCUT2D eigenvalue weighted by Crippen LogP contribution is 2.21. The summed E-state index contributed by atoms with van der Waals surface area (Å²) in [7, 11) is 0. The van der Waals surface area contributed by atoms with Gasteiger partial charge in [0, 0.05) is 18.2 Å². The van der Waals surface area contributed by atoms with Crippen molar-refractivity contribution in [3.05, 3.63) is 64.9 Å². The monoisotopic (exact) mass is 385 g/mol. The molecule has 142 valence electrons. The summed E-state index contributed by atoms with van der Waals surface area (Å²) in [5.74, 6) is 0.786. The number of halogens is 1. The highest BCUT2D eigenvalue weighted by molar-refractivity contribution is 6.30. The molecule has 0 aliphatic carbocycles. The van der Waals surface area contributed by atoms with Crippen LogP contribution in [0.5, 0.6) is 0 Å². The predicted molar refractivity (Wildman–Crippen MR) is 108 cm³/mol. The summed E-state index contributed by atoms with van der Waals surface area (Å²) >= 11 is 5.90. The van der Waals surface area contributed by atoms with Gasteiger partial charge in [-0.1, -0.05) is 35.9 Å². The van der Waals surface area contributed by atoms with Crippen molar-refractivity contribution in [1.29, 1.82) is 0 Å². The van der Waals surface area contributed by atoms with E-state index in [1.54, 1.807) is 12.1 Å². The Hall–Kier alpha value is -2.37. The number of hydrogen-bond donors (Lipinski definition) is 1. The Morgan fingerprint density at radius 3 is 2.70 bits per heavy atom. The van der Waals surface area contributed by atoms with E-state index in [1.165, 1.54) is 0 Å². The van der Waals surface area contributed by atoms with Gasteiger partial charge in [0.25, 0.3) is 0 Å². The highest BCUT2D eigenvalue weighted by atomic mass is 35.5. The minimum absolute atomic E-state index is 0.0479. The van der Waals surface area contributed by atoms with E-state index in [0.717, 1.165) is 22.4 Å². The van der Waals surface area contributed by atoms with Crippen molar-refractivity contribution in [3.63, 3.8) is 0 Å². The number of nitrogens with zero attached hydrogens (tertiary/aromatic N) is 2. The number of amides is 1. The summed E-state index contributed by atoms with van der Waals surface area (Å²) in [6.45, 7) is 5.91. The number of rotatable bonds is 8. The molecule has 1 unspecified atom stereocenters. The van der Waals surface area contributed by atoms with Crippen LogP contribution in [-0.4, -0.2) is 28.7 Å². The van der Waals surface area contributed by atoms with Crippen molar-refractivity contribution in [3.8, 4) is 0 Å².